The zero-order valence-corrected chi connectivity index (χ0v) is 10.4. The molecule has 100 valence electrons. The molecule has 0 aliphatic heterocycles. The van der Waals surface area contributed by atoms with E-state index in [-0.39, 0.29) is 5.39 Å². The highest BCUT2D eigenvalue weighted by atomic mass is 16.5. The van der Waals surface area contributed by atoms with Crippen LogP contribution in [0.2, 0.25) is 0 Å². The molecule has 1 N–H and O–H groups in total. The first-order valence-electron chi connectivity index (χ1n) is 5.45. The molecule has 0 saturated carbocycles. The third-order valence-corrected chi connectivity index (χ3v) is 2.84. The van der Waals surface area contributed by atoms with Gasteiger partial charge in [-0.1, -0.05) is 6.07 Å². The number of carboxylic acid groups (broad SMARTS) is 1. The smallest absolute Gasteiger partial charge is 0.331 e. The standard InChI is InChI=1S/C12H12N2O5/c1-13-10-7(4-3-5-8(10)19-2)11(17)14(12(13)18)6-9(15)16/h3-5H,6H2,1-2H3,(H,15,16). The number of carboxylic acids is 1. The van der Waals surface area contributed by atoms with E-state index in [1.54, 1.807) is 12.1 Å². The number of carbonyl (C=O) groups is 1. The van der Waals surface area contributed by atoms with Crippen LogP contribution in [0.4, 0.5) is 0 Å². The van der Waals surface area contributed by atoms with E-state index >= 15 is 0 Å². The number of hydrogen-bond acceptors (Lipinski definition) is 4. The fourth-order valence-electron chi connectivity index (χ4n) is 1.99. The summed E-state index contributed by atoms with van der Waals surface area (Å²) in [5.41, 5.74) is -0.981. The minimum atomic E-state index is -1.25. The molecule has 0 unspecified atom stereocenters. The second-order valence-electron chi connectivity index (χ2n) is 3.98. The van der Waals surface area contributed by atoms with Crippen LogP contribution < -0.4 is 16.0 Å². The fraction of sp³-hybridized carbons (Fsp3) is 0.250. The summed E-state index contributed by atoms with van der Waals surface area (Å²) < 4.78 is 7.01. The van der Waals surface area contributed by atoms with E-state index in [1.165, 1.54) is 24.8 Å². The van der Waals surface area contributed by atoms with Crippen LogP contribution in [0.1, 0.15) is 0 Å². The first-order chi connectivity index (χ1) is 8.97. The van der Waals surface area contributed by atoms with E-state index in [9.17, 15) is 14.4 Å². The lowest BCUT2D eigenvalue weighted by Gasteiger charge is -2.11. The van der Waals surface area contributed by atoms with Gasteiger partial charge in [-0.15, -0.1) is 0 Å². The second-order valence-corrected chi connectivity index (χ2v) is 3.98. The Bertz CT molecular complexity index is 772. The van der Waals surface area contributed by atoms with Crippen LogP contribution in [0.25, 0.3) is 10.9 Å². The Labute approximate surface area is 107 Å². The monoisotopic (exact) mass is 264 g/mol. The summed E-state index contributed by atoms with van der Waals surface area (Å²) in [7, 11) is 2.90. The van der Waals surface area contributed by atoms with E-state index in [2.05, 4.69) is 0 Å². The minimum Gasteiger partial charge on any atom is -0.495 e. The predicted octanol–water partition coefficient (Wildman–Crippen LogP) is -0.207. The van der Waals surface area contributed by atoms with Crippen LogP contribution in [0.5, 0.6) is 5.75 Å². The fourth-order valence-corrected chi connectivity index (χ4v) is 1.99. The molecule has 0 bridgehead atoms. The quantitative estimate of drug-likeness (QED) is 0.828. The number of rotatable bonds is 3. The zero-order chi connectivity index (χ0) is 14.2. The van der Waals surface area contributed by atoms with Gasteiger partial charge in [0, 0.05) is 7.05 Å². The van der Waals surface area contributed by atoms with Crippen LogP contribution in [0.15, 0.2) is 27.8 Å². The Morgan fingerprint density at radius 3 is 2.63 bits per heavy atom. The molecule has 0 amide bonds. The summed E-state index contributed by atoms with van der Waals surface area (Å²) in [6.07, 6.45) is 0. The Morgan fingerprint density at radius 2 is 2.05 bits per heavy atom. The topological polar surface area (TPSA) is 90.5 Å². The van der Waals surface area contributed by atoms with Crippen molar-refractivity contribution in [1.82, 2.24) is 9.13 Å². The van der Waals surface area contributed by atoms with Gasteiger partial charge in [0.25, 0.3) is 5.56 Å². The number of fused-ring (bicyclic) bond motifs is 1. The van der Waals surface area contributed by atoms with Gasteiger partial charge < -0.3 is 9.84 Å². The summed E-state index contributed by atoms with van der Waals surface area (Å²) in [6, 6.07) is 4.76. The first kappa shape index (κ1) is 12.9. The number of hydrogen-bond donors (Lipinski definition) is 1. The van der Waals surface area contributed by atoms with Crippen LogP contribution in [0.3, 0.4) is 0 Å². The molecule has 0 saturated heterocycles. The molecule has 0 spiro atoms. The molecule has 1 aromatic heterocycles. The van der Waals surface area contributed by atoms with Gasteiger partial charge in [0.15, 0.2) is 0 Å². The lowest BCUT2D eigenvalue weighted by molar-refractivity contribution is -0.137. The van der Waals surface area contributed by atoms with Crippen molar-refractivity contribution in [3.63, 3.8) is 0 Å². The van der Waals surface area contributed by atoms with Gasteiger partial charge in [-0.25, -0.2) is 9.36 Å². The predicted molar refractivity (Wildman–Crippen MR) is 67.6 cm³/mol. The minimum absolute atomic E-state index is 0.239. The summed E-state index contributed by atoms with van der Waals surface area (Å²) in [6.45, 7) is -0.668. The van der Waals surface area contributed by atoms with Gasteiger partial charge in [-0.05, 0) is 12.1 Å². The second kappa shape index (κ2) is 4.60. The molecule has 7 nitrogen and oxygen atoms in total. The van der Waals surface area contributed by atoms with Crippen molar-refractivity contribution in [2.45, 2.75) is 6.54 Å². The third-order valence-electron chi connectivity index (χ3n) is 2.84. The van der Waals surface area contributed by atoms with Crippen molar-refractivity contribution in [1.29, 1.82) is 0 Å². The van der Waals surface area contributed by atoms with Gasteiger partial charge in [-0.2, -0.15) is 0 Å². The zero-order valence-electron chi connectivity index (χ0n) is 10.4. The number of aromatic nitrogens is 2. The molecule has 1 heterocycles. The van der Waals surface area contributed by atoms with Crippen molar-refractivity contribution in [2.24, 2.45) is 7.05 Å². The Balaban J connectivity index is 2.96. The molecular formula is C12H12N2O5. The molecule has 0 aliphatic rings. The van der Waals surface area contributed by atoms with E-state index < -0.39 is 23.8 Å². The van der Waals surface area contributed by atoms with Crippen molar-refractivity contribution in [3.05, 3.63) is 39.0 Å². The summed E-state index contributed by atoms with van der Waals surface area (Å²) in [5, 5.41) is 8.99. The SMILES string of the molecule is COc1cccc2c(=O)n(CC(=O)O)c(=O)n(C)c12. The number of aliphatic carboxylic acids is 1. The number of benzene rings is 1. The average molecular weight is 264 g/mol. The van der Waals surface area contributed by atoms with Crippen LogP contribution >= 0.6 is 0 Å². The summed E-state index contributed by atoms with van der Waals surface area (Å²) in [5.74, 6) is -0.863. The molecular weight excluding hydrogens is 252 g/mol. The van der Waals surface area contributed by atoms with Crippen LogP contribution in [-0.2, 0) is 18.4 Å². The maximum Gasteiger partial charge on any atom is 0.331 e. The van der Waals surface area contributed by atoms with E-state index in [0.717, 1.165) is 0 Å². The molecule has 19 heavy (non-hydrogen) atoms. The van der Waals surface area contributed by atoms with Crippen molar-refractivity contribution in [2.75, 3.05) is 7.11 Å². The number of methoxy groups -OCH3 is 1. The molecule has 1 aromatic carbocycles. The molecule has 0 atom stereocenters. The van der Waals surface area contributed by atoms with E-state index in [1.807, 2.05) is 0 Å². The third kappa shape index (κ3) is 1.99. The first-order valence-corrected chi connectivity index (χ1v) is 5.45. The molecule has 2 rings (SSSR count). The highest BCUT2D eigenvalue weighted by Crippen LogP contribution is 2.20. The maximum atomic E-state index is 12.1. The van der Waals surface area contributed by atoms with E-state index in [0.29, 0.717) is 15.8 Å². The summed E-state index contributed by atoms with van der Waals surface area (Å²) in [4.78, 5) is 34.9. The number of ether oxygens (including phenoxy) is 1. The van der Waals surface area contributed by atoms with Gasteiger partial charge >= 0.3 is 11.7 Å². The molecule has 0 radical (unpaired) electrons. The molecule has 0 fully saturated rings. The number of nitrogens with zero attached hydrogens (tertiary/aromatic N) is 2. The highest BCUT2D eigenvalue weighted by molar-refractivity contribution is 5.84. The van der Waals surface area contributed by atoms with Crippen molar-refractivity contribution in [3.8, 4) is 5.75 Å². The van der Waals surface area contributed by atoms with Gasteiger partial charge in [0.1, 0.15) is 17.8 Å². The number of para-hydroxylation sites is 1. The van der Waals surface area contributed by atoms with Crippen LogP contribution in [-0.4, -0.2) is 27.3 Å². The molecule has 2 aromatic rings. The number of aryl methyl sites for hydroxylation is 1. The largest absolute Gasteiger partial charge is 0.495 e. The normalized spacial score (nSPS) is 10.6. The Morgan fingerprint density at radius 1 is 1.37 bits per heavy atom. The average Bonchev–Trinajstić information content (AvgIpc) is 2.40. The molecule has 7 heteroatoms. The summed E-state index contributed by atoms with van der Waals surface area (Å²) >= 11 is 0. The maximum absolute atomic E-state index is 12.1. The highest BCUT2D eigenvalue weighted by Gasteiger charge is 2.15. The van der Waals surface area contributed by atoms with Gasteiger partial charge in [0.2, 0.25) is 0 Å². The lowest BCUT2D eigenvalue weighted by Crippen LogP contribution is -2.40. The van der Waals surface area contributed by atoms with Crippen molar-refractivity contribution < 1.29 is 14.6 Å². The van der Waals surface area contributed by atoms with E-state index in [4.69, 9.17) is 9.84 Å². The van der Waals surface area contributed by atoms with Gasteiger partial charge in [-0.3, -0.25) is 14.2 Å². The Hall–Kier alpha value is -2.57. The Kier molecular flexibility index (Phi) is 3.12. The van der Waals surface area contributed by atoms with Crippen LogP contribution in [0, 0.1) is 0 Å². The van der Waals surface area contributed by atoms with Crippen molar-refractivity contribution >= 4 is 16.9 Å². The molecule has 0 aliphatic carbocycles. The van der Waals surface area contributed by atoms with Gasteiger partial charge in [0.05, 0.1) is 12.5 Å². The lowest BCUT2D eigenvalue weighted by atomic mass is 10.2.